The second-order valence-corrected chi connectivity index (χ2v) is 4.26. The van der Waals surface area contributed by atoms with Gasteiger partial charge in [0.2, 0.25) is 0 Å². The van der Waals surface area contributed by atoms with Crippen LogP contribution in [0.2, 0.25) is 5.02 Å². The number of carbonyl (C=O) groups is 1. The molecule has 1 aliphatic rings. The predicted octanol–water partition coefficient (Wildman–Crippen LogP) is 2.19. The molecule has 92 valence electrons. The summed E-state index contributed by atoms with van der Waals surface area (Å²) in [5, 5.41) is 9.44. The number of fused-ring (bicyclic) bond motifs is 1. The summed E-state index contributed by atoms with van der Waals surface area (Å²) in [5.41, 5.74) is 8.56. The summed E-state index contributed by atoms with van der Waals surface area (Å²) in [5.74, 6) is -0.985. The molecule has 0 saturated carbocycles. The van der Waals surface area contributed by atoms with Crippen LogP contribution < -0.4 is 5.73 Å². The molecule has 0 unspecified atom stereocenters. The lowest BCUT2D eigenvalue weighted by atomic mass is 10.00. The van der Waals surface area contributed by atoms with E-state index in [1.54, 1.807) is 0 Å². The average molecular weight is 272 g/mol. The van der Waals surface area contributed by atoms with Gasteiger partial charge in [0.1, 0.15) is 6.04 Å². The number of allylic oxidation sites excluding steroid dienone is 1. The van der Waals surface area contributed by atoms with Crippen LogP contribution in [-0.2, 0) is 11.2 Å². The Hall–Kier alpha value is -0.970. The lowest BCUT2D eigenvalue weighted by molar-refractivity contribution is -0.138. The minimum absolute atomic E-state index is 0. The van der Waals surface area contributed by atoms with Gasteiger partial charge in [-0.05, 0) is 35.6 Å². The highest BCUT2D eigenvalue weighted by atomic mass is 35.5. The number of nitrogens with two attached hydrogens (primary N) is 1. The highest BCUT2D eigenvalue weighted by Gasteiger charge is 2.21. The lowest BCUT2D eigenvalue weighted by Crippen LogP contribution is -2.30. The number of rotatable bonds is 3. The summed E-state index contributed by atoms with van der Waals surface area (Å²) < 4.78 is 0. The van der Waals surface area contributed by atoms with Crippen LogP contribution in [0.4, 0.5) is 0 Å². The van der Waals surface area contributed by atoms with Crippen LogP contribution in [0.3, 0.4) is 0 Å². The summed E-state index contributed by atoms with van der Waals surface area (Å²) >= 11 is 6.10. The van der Waals surface area contributed by atoms with Crippen LogP contribution in [0.5, 0.6) is 0 Å². The quantitative estimate of drug-likeness (QED) is 0.886. The van der Waals surface area contributed by atoms with Crippen molar-refractivity contribution in [3.8, 4) is 0 Å². The summed E-state index contributed by atoms with van der Waals surface area (Å²) in [6, 6.07) is 4.84. The molecule has 1 aliphatic carbocycles. The van der Waals surface area contributed by atoms with Gasteiger partial charge in [-0.25, -0.2) is 0 Å². The zero-order valence-electron chi connectivity index (χ0n) is 9.11. The Bertz CT molecular complexity index is 474. The molecule has 0 bridgehead atoms. The molecule has 1 atom stereocenters. The van der Waals surface area contributed by atoms with E-state index in [1.807, 2.05) is 24.3 Å². The zero-order valence-corrected chi connectivity index (χ0v) is 10.9. The summed E-state index contributed by atoms with van der Waals surface area (Å²) in [7, 11) is 0. The Labute approximate surface area is 112 Å². The fraction of sp³-hybridized carbons (Fsp3) is 0.250. The highest BCUT2D eigenvalue weighted by Crippen LogP contribution is 2.35. The van der Waals surface area contributed by atoms with Crippen LogP contribution in [0.1, 0.15) is 17.5 Å². The van der Waals surface area contributed by atoms with Gasteiger partial charge in [-0.2, -0.15) is 13.5 Å². The van der Waals surface area contributed by atoms with E-state index in [9.17, 15) is 4.79 Å². The Morgan fingerprint density at radius 2 is 2.24 bits per heavy atom. The largest absolute Gasteiger partial charge is 0.480 e. The molecule has 0 fully saturated rings. The number of halogens is 1. The molecule has 0 radical (unpaired) electrons. The van der Waals surface area contributed by atoms with Gasteiger partial charge < -0.3 is 10.8 Å². The minimum atomic E-state index is -0.985. The third-order valence-electron chi connectivity index (χ3n) is 2.75. The standard InChI is InChI=1S/C12H12ClNO2.H2S/c13-9-3-1-2-7-4-5-8(11(7)9)6-10(14)12(15)16;/h1-3,5,10H,4,6,14H2,(H,15,16);1H2/t10-;/m0./s1. The van der Waals surface area contributed by atoms with Crippen molar-refractivity contribution in [3.05, 3.63) is 40.4 Å². The first-order chi connectivity index (χ1) is 7.59. The van der Waals surface area contributed by atoms with Gasteiger partial charge >= 0.3 is 5.97 Å². The Morgan fingerprint density at radius 3 is 2.88 bits per heavy atom. The first-order valence-corrected chi connectivity index (χ1v) is 5.42. The van der Waals surface area contributed by atoms with Crippen molar-refractivity contribution in [2.75, 3.05) is 0 Å². The number of aliphatic carboxylic acids is 1. The number of carboxylic acids is 1. The first kappa shape index (κ1) is 14.1. The van der Waals surface area contributed by atoms with Crippen molar-refractivity contribution in [3.63, 3.8) is 0 Å². The van der Waals surface area contributed by atoms with Crippen molar-refractivity contribution in [1.82, 2.24) is 0 Å². The number of hydrogen-bond donors (Lipinski definition) is 2. The summed E-state index contributed by atoms with van der Waals surface area (Å²) in [6.07, 6.45) is 3.13. The van der Waals surface area contributed by atoms with Gasteiger partial charge in [0.25, 0.3) is 0 Å². The molecule has 0 saturated heterocycles. The smallest absolute Gasteiger partial charge is 0.320 e. The maximum atomic E-state index is 10.7. The van der Waals surface area contributed by atoms with Crippen LogP contribution >= 0.6 is 25.1 Å². The Kier molecular flexibility index (Phi) is 4.62. The molecule has 0 spiro atoms. The van der Waals surface area contributed by atoms with E-state index in [0.717, 1.165) is 23.1 Å². The maximum Gasteiger partial charge on any atom is 0.320 e. The summed E-state index contributed by atoms with van der Waals surface area (Å²) in [6.45, 7) is 0. The van der Waals surface area contributed by atoms with Crippen molar-refractivity contribution in [1.29, 1.82) is 0 Å². The van der Waals surface area contributed by atoms with Crippen LogP contribution in [-0.4, -0.2) is 17.1 Å². The molecule has 0 aromatic heterocycles. The molecular weight excluding hydrogens is 258 g/mol. The normalized spacial score (nSPS) is 14.6. The third kappa shape index (κ3) is 2.83. The number of hydrogen-bond acceptors (Lipinski definition) is 2. The maximum absolute atomic E-state index is 10.7. The Balaban J connectivity index is 0.00000144. The van der Waals surface area contributed by atoms with Gasteiger partial charge in [0.15, 0.2) is 0 Å². The molecule has 3 N–H and O–H groups in total. The number of benzene rings is 1. The summed E-state index contributed by atoms with van der Waals surface area (Å²) in [4.78, 5) is 10.7. The molecule has 2 rings (SSSR count). The Morgan fingerprint density at radius 1 is 1.53 bits per heavy atom. The van der Waals surface area contributed by atoms with E-state index in [4.69, 9.17) is 22.4 Å². The van der Waals surface area contributed by atoms with Gasteiger partial charge in [0.05, 0.1) is 0 Å². The molecule has 1 aromatic carbocycles. The second kappa shape index (κ2) is 5.58. The predicted molar refractivity (Wildman–Crippen MR) is 73.7 cm³/mol. The molecule has 1 aromatic rings. The van der Waals surface area contributed by atoms with E-state index in [2.05, 4.69) is 0 Å². The van der Waals surface area contributed by atoms with E-state index in [-0.39, 0.29) is 13.5 Å². The van der Waals surface area contributed by atoms with Crippen molar-refractivity contribution < 1.29 is 9.90 Å². The zero-order chi connectivity index (χ0) is 11.7. The van der Waals surface area contributed by atoms with E-state index >= 15 is 0 Å². The van der Waals surface area contributed by atoms with Gasteiger partial charge in [-0.3, -0.25) is 4.79 Å². The van der Waals surface area contributed by atoms with E-state index in [1.165, 1.54) is 0 Å². The fourth-order valence-corrected chi connectivity index (χ4v) is 2.26. The van der Waals surface area contributed by atoms with Crippen LogP contribution in [0.25, 0.3) is 5.57 Å². The topological polar surface area (TPSA) is 63.3 Å². The minimum Gasteiger partial charge on any atom is -0.480 e. The van der Waals surface area contributed by atoms with Gasteiger partial charge in [-0.15, -0.1) is 0 Å². The fourth-order valence-electron chi connectivity index (χ4n) is 1.94. The van der Waals surface area contributed by atoms with Crippen molar-refractivity contribution in [2.24, 2.45) is 5.73 Å². The van der Waals surface area contributed by atoms with Gasteiger partial charge in [-0.1, -0.05) is 29.8 Å². The van der Waals surface area contributed by atoms with Crippen LogP contribution in [0, 0.1) is 0 Å². The van der Waals surface area contributed by atoms with Gasteiger partial charge in [0, 0.05) is 5.02 Å². The van der Waals surface area contributed by atoms with E-state index < -0.39 is 12.0 Å². The van der Waals surface area contributed by atoms with Crippen molar-refractivity contribution >= 4 is 36.6 Å². The molecule has 0 heterocycles. The SMILES string of the molecule is N[C@@H](CC1=CCc2cccc(Cl)c21)C(=O)O.S. The molecule has 17 heavy (non-hydrogen) atoms. The lowest BCUT2D eigenvalue weighted by Gasteiger charge is -2.10. The average Bonchev–Trinajstić information content (AvgIpc) is 2.63. The second-order valence-electron chi connectivity index (χ2n) is 3.86. The highest BCUT2D eigenvalue weighted by molar-refractivity contribution is 7.59. The number of carboxylic acid groups (broad SMARTS) is 1. The molecule has 0 aliphatic heterocycles. The molecular formula is C12H14ClNO2S. The monoisotopic (exact) mass is 271 g/mol. The molecule has 3 nitrogen and oxygen atoms in total. The van der Waals surface area contributed by atoms with Crippen molar-refractivity contribution in [2.45, 2.75) is 18.9 Å². The van der Waals surface area contributed by atoms with Crippen LogP contribution in [0.15, 0.2) is 24.3 Å². The van der Waals surface area contributed by atoms with E-state index in [0.29, 0.717) is 11.4 Å². The first-order valence-electron chi connectivity index (χ1n) is 5.05. The third-order valence-corrected chi connectivity index (χ3v) is 3.06. The molecule has 5 heteroatoms. The molecule has 0 amide bonds.